The van der Waals surface area contributed by atoms with Crippen molar-refractivity contribution in [3.63, 3.8) is 0 Å². The number of carboxylic acid groups (broad SMARTS) is 1. The second kappa shape index (κ2) is 5.45. The lowest BCUT2D eigenvalue weighted by atomic mass is 10.0. The van der Waals surface area contributed by atoms with E-state index in [-0.39, 0.29) is 12.5 Å². The van der Waals surface area contributed by atoms with Crippen molar-refractivity contribution >= 4 is 28.3 Å². The van der Waals surface area contributed by atoms with E-state index in [1.54, 1.807) is 30.5 Å². The summed E-state index contributed by atoms with van der Waals surface area (Å²) < 4.78 is 0. The average molecular weight is 318 g/mol. The predicted octanol–water partition coefficient (Wildman–Crippen LogP) is 3.06. The monoisotopic (exact) mass is 318 g/mol. The van der Waals surface area contributed by atoms with Gasteiger partial charge in [0.1, 0.15) is 11.6 Å². The molecule has 0 bridgehead atoms. The summed E-state index contributed by atoms with van der Waals surface area (Å²) in [5.41, 5.74) is 1.65. The van der Waals surface area contributed by atoms with Gasteiger partial charge < -0.3 is 10.0 Å². The van der Waals surface area contributed by atoms with Crippen molar-refractivity contribution in [2.75, 3.05) is 11.4 Å². The first-order valence-electron chi connectivity index (χ1n) is 7.64. The van der Waals surface area contributed by atoms with Gasteiger partial charge in [-0.15, -0.1) is 0 Å². The van der Waals surface area contributed by atoms with Crippen LogP contribution in [0.15, 0.2) is 60.8 Å². The second-order valence-corrected chi connectivity index (χ2v) is 5.75. The molecule has 2 aromatic carbocycles. The lowest BCUT2D eigenvalue weighted by Crippen LogP contribution is -2.32. The molecular weight excluding hydrogens is 304 g/mol. The van der Waals surface area contributed by atoms with Crippen molar-refractivity contribution in [3.8, 4) is 0 Å². The third-order valence-corrected chi connectivity index (χ3v) is 4.39. The summed E-state index contributed by atoms with van der Waals surface area (Å²) in [6.45, 7) is 0.123. The van der Waals surface area contributed by atoms with Crippen LogP contribution in [0.4, 0.5) is 5.69 Å². The first kappa shape index (κ1) is 14.4. The van der Waals surface area contributed by atoms with Crippen molar-refractivity contribution < 1.29 is 14.7 Å². The lowest BCUT2D eigenvalue weighted by molar-refractivity contribution is -0.138. The Balaban J connectivity index is 1.82. The lowest BCUT2D eigenvalue weighted by Gasteiger charge is -2.18. The molecule has 1 aromatic heterocycles. The maximum atomic E-state index is 13.1. The molecule has 4 rings (SSSR count). The Morgan fingerprint density at radius 2 is 1.79 bits per heavy atom. The number of hydrogen-bond acceptors (Lipinski definition) is 3. The number of benzene rings is 2. The fourth-order valence-corrected chi connectivity index (χ4v) is 3.23. The zero-order chi connectivity index (χ0) is 16.7. The van der Waals surface area contributed by atoms with E-state index in [9.17, 15) is 14.7 Å². The van der Waals surface area contributed by atoms with Gasteiger partial charge in [0.2, 0.25) is 0 Å². The molecule has 1 unspecified atom stereocenters. The maximum absolute atomic E-state index is 13.1. The number of nitrogens with zero attached hydrogens (tertiary/aromatic N) is 2. The minimum Gasteiger partial charge on any atom is -0.481 e. The first-order valence-corrected chi connectivity index (χ1v) is 7.64. The van der Waals surface area contributed by atoms with Gasteiger partial charge in [-0.2, -0.15) is 0 Å². The highest BCUT2D eigenvalue weighted by atomic mass is 16.4. The van der Waals surface area contributed by atoms with Crippen LogP contribution in [0, 0.1) is 0 Å². The van der Waals surface area contributed by atoms with E-state index in [0.29, 0.717) is 16.9 Å². The molecule has 1 atom stereocenters. The minimum atomic E-state index is -0.927. The molecule has 1 amide bonds. The van der Waals surface area contributed by atoms with E-state index < -0.39 is 11.9 Å². The summed E-state index contributed by atoms with van der Waals surface area (Å²) in [7, 11) is 0. The van der Waals surface area contributed by atoms with Gasteiger partial charge in [0.05, 0.1) is 0 Å². The van der Waals surface area contributed by atoms with Gasteiger partial charge in [-0.1, -0.05) is 42.5 Å². The number of para-hydroxylation sites is 1. The summed E-state index contributed by atoms with van der Waals surface area (Å²) >= 11 is 0. The van der Waals surface area contributed by atoms with Crippen LogP contribution >= 0.6 is 0 Å². The van der Waals surface area contributed by atoms with E-state index in [0.717, 1.165) is 10.8 Å². The number of anilines is 1. The van der Waals surface area contributed by atoms with Gasteiger partial charge in [-0.3, -0.25) is 14.6 Å². The molecule has 0 saturated heterocycles. The van der Waals surface area contributed by atoms with Crippen LogP contribution in [0.2, 0.25) is 0 Å². The quantitative estimate of drug-likeness (QED) is 0.788. The number of carbonyl (C=O) groups is 2. The van der Waals surface area contributed by atoms with Crippen LogP contribution in [0.5, 0.6) is 0 Å². The zero-order valence-electron chi connectivity index (χ0n) is 12.7. The molecule has 0 spiro atoms. The Hall–Kier alpha value is -3.21. The smallest absolute Gasteiger partial charge is 0.312 e. The number of hydrogen-bond donors (Lipinski definition) is 1. The van der Waals surface area contributed by atoms with Crippen LogP contribution in [-0.2, 0) is 4.79 Å². The van der Waals surface area contributed by atoms with Gasteiger partial charge in [0.25, 0.3) is 5.91 Å². The van der Waals surface area contributed by atoms with E-state index >= 15 is 0 Å². The van der Waals surface area contributed by atoms with Gasteiger partial charge in [-0.05, 0) is 23.1 Å². The molecule has 0 saturated carbocycles. The SMILES string of the molecule is O=C(O)C1CN(C(=O)c2nccc3ccccc23)c2ccccc21. The van der Waals surface area contributed by atoms with Crippen molar-refractivity contribution in [2.24, 2.45) is 0 Å². The highest BCUT2D eigenvalue weighted by Crippen LogP contribution is 2.37. The third-order valence-electron chi connectivity index (χ3n) is 4.39. The van der Waals surface area contributed by atoms with E-state index in [2.05, 4.69) is 4.98 Å². The second-order valence-electron chi connectivity index (χ2n) is 5.75. The van der Waals surface area contributed by atoms with Crippen LogP contribution in [0.3, 0.4) is 0 Å². The standard InChI is InChI=1S/C19H14N2O3/c22-18(17-13-6-2-1-5-12(13)9-10-20-17)21-11-15(19(23)24)14-7-3-4-8-16(14)21/h1-10,15H,11H2,(H,23,24). The number of fused-ring (bicyclic) bond motifs is 2. The molecule has 5 nitrogen and oxygen atoms in total. The van der Waals surface area contributed by atoms with Gasteiger partial charge >= 0.3 is 5.97 Å². The molecule has 5 heteroatoms. The Morgan fingerprint density at radius 3 is 2.62 bits per heavy atom. The van der Waals surface area contributed by atoms with Crippen molar-refractivity contribution in [3.05, 3.63) is 72.1 Å². The number of carboxylic acids is 1. The third kappa shape index (κ3) is 2.13. The fraction of sp³-hybridized carbons (Fsp3) is 0.105. The van der Waals surface area contributed by atoms with E-state index in [1.807, 2.05) is 30.3 Å². The largest absolute Gasteiger partial charge is 0.481 e. The summed E-state index contributed by atoms with van der Waals surface area (Å²) in [5, 5.41) is 11.1. The highest BCUT2D eigenvalue weighted by molar-refractivity contribution is 6.14. The Bertz CT molecular complexity index is 962. The summed E-state index contributed by atoms with van der Waals surface area (Å²) in [5.74, 6) is -1.91. The molecular formula is C19H14N2O3. The Kier molecular flexibility index (Phi) is 3.27. The first-order chi connectivity index (χ1) is 11.7. The molecule has 0 aliphatic carbocycles. The maximum Gasteiger partial charge on any atom is 0.312 e. The van der Waals surface area contributed by atoms with Gasteiger partial charge in [0, 0.05) is 23.8 Å². The zero-order valence-corrected chi connectivity index (χ0v) is 12.7. The van der Waals surface area contributed by atoms with E-state index in [4.69, 9.17) is 0 Å². The minimum absolute atomic E-state index is 0.123. The average Bonchev–Trinajstić information content (AvgIpc) is 3.00. The van der Waals surface area contributed by atoms with Crippen molar-refractivity contribution in [1.82, 2.24) is 4.98 Å². The normalized spacial score (nSPS) is 16.2. The summed E-state index contributed by atoms with van der Waals surface area (Å²) in [6.07, 6.45) is 1.60. The van der Waals surface area contributed by atoms with Crippen molar-refractivity contribution in [1.29, 1.82) is 0 Å². The summed E-state index contributed by atoms with van der Waals surface area (Å²) in [6, 6.07) is 16.5. The topological polar surface area (TPSA) is 70.5 Å². The molecule has 1 N–H and O–H groups in total. The van der Waals surface area contributed by atoms with Gasteiger partial charge in [-0.25, -0.2) is 0 Å². The number of aliphatic carboxylic acids is 1. The molecule has 1 aliphatic rings. The number of carbonyl (C=O) groups excluding carboxylic acids is 1. The van der Waals surface area contributed by atoms with Crippen LogP contribution in [0.1, 0.15) is 22.0 Å². The number of rotatable bonds is 2. The van der Waals surface area contributed by atoms with Crippen LogP contribution in [0.25, 0.3) is 10.8 Å². The number of aromatic nitrogens is 1. The van der Waals surface area contributed by atoms with Gasteiger partial charge in [0.15, 0.2) is 0 Å². The summed E-state index contributed by atoms with van der Waals surface area (Å²) in [4.78, 5) is 30.4. The Labute approximate surface area is 138 Å². The number of amides is 1. The predicted molar refractivity (Wildman–Crippen MR) is 90.2 cm³/mol. The molecule has 24 heavy (non-hydrogen) atoms. The molecule has 3 aromatic rings. The molecule has 0 fully saturated rings. The van der Waals surface area contributed by atoms with E-state index in [1.165, 1.54) is 4.90 Å². The molecule has 1 aliphatic heterocycles. The number of pyridine rings is 1. The molecule has 2 heterocycles. The fourth-order valence-electron chi connectivity index (χ4n) is 3.23. The molecule has 118 valence electrons. The van der Waals surface area contributed by atoms with Crippen molar-refractivity contribution in [2.45, 2.75) is 5.92 Å². The van der Waals surface area contributed by atoms with Crippen LogP contribution in [-0.4, -0.2) is 28.5 Å². The molecule has 0 radical (unpaired) electrons. The highest BCUT2D eigenvalue weighted by Gasteiger charge is 2.37. The van der Waals surface area contributed by atoms with Crippen LogP contribution < -0.4 is 4.90 Å². The Morgan fingerprint density at radius 1 is 1.04 bits per heavy atom.